The van der Waals surface area contributed by atoms with E-state index >= 15 is 0 Å². The lowest BCUT2D eigenvalue weighted by molar-refractivity contribution is -0.0296. The number of aliphatic hydroxyl groups excluding tert-OH is 1. The van der Waals surface area contributed by atoms with Crippen molar-refractivity contribution in [1.82, 2.24) is 10.2 Å². The predicted octanol–water partition coefficient (Wildman–Crippen LogP) is 3.87. The average Bonchev–Trinajstić information content (AvgIpc) is 3.47. The second-order valence-corrected chi connectivity index (χ2v) is 10.9. The molecule has 1 heterocycles. The fourth-order valence-corrected chi connectivity index (χ4v) is 5.84. The van der Waals surface area contributed by atoms with Crippen molar-refractivity contribution in [2.75, 3.05) is 60.8 Å². The lowest BCUT2D eigenvalue weighted by Gasteiger charge is -2.38. The summed E-state index contributed by atoms with van der Waals surface area (Å²) in [5.74, 6) is 2.29. The molecule has 1 aliphatic carbocycles. The van der Waals surface area contributed by atoms with Crippen LogP contribution in [0, 0.1) is 0 Å². The second-order valence-electron chi connectivity index (χ2n) is 10.9. The number of rotatable bonds is 16. The van der Waals surface area contributed by atoms with Crippen LogP contribution >= 0.6 is 0 Å². The van der Waals surface area contributed by atoms with Crippen LogP contribution in [0.5, 0.6) is 17.2 Å². The molecular weight excluding hydrogens is 508 g/mol. The number of methoxy groups -OCH3 is 3. The SMILES string of the molecule is COCCc1ccc(OCC(O)CN[C@H]2CCN([C@@H]3CCCC[C@@H]3OCCc3ccc(OC)c(OC)c3)C2)cc1. The minimum Gasteiger partial charge on any atom is -0.493 e. The van der Waals surface area contributed by atoms with Gasteiger partial charge in [-0.25, -0.2) is 0 Å². The minimum absolute atomic E-state index is 0.271. The van der Waals surface area contributed by atoms with Crippen LogP contribution in [-0.2, 0) is 22.3 Å². The molecule has 1 unspecified atom stereocenters. The molecule has 0 spiro atoms. The Balaban J connectivity index is 1.16. The molecule has 8 heteroatoms. The maximum atomic E-state index is 10.5. The van der Waals surface area contributed by atoms with Crippen molar-refractivity contribution in [1.29, 1.82) is 0 Å². The van der Waals surface area contributed by atoms with Gasteiger partial charge in [-0.15, -0.1) is 0 Å². The summed E-state index contributed by atoms with van der Waals surface area (Å²) in [6.45, 7) is 4.28. The third kappa shape index (κ3) is 9.08. The van der Waals surface area contributed by atoms with Gasteiger partial charge in [0.05, 0.1) is 33.5 Å². The van der Waals surface area contributed by atoms with Gasteiger partial charge in [0.25, 0.3) is 0 Å². The number of nitrogens with zero attached hydrogens (tertiary/aromatic N) is 1. The molecule has 0 amide bonds. The van der Waals surface area contributed by atoms with E-state index in [4.69, 9.17) is 23.7 Å². The molecule has 4 atom stereocenters. The molecule has 1 saturated carbocycles. The Hall–Kier alpha value is -2.36. The molecule has 4 rings (SSSR count). The maximum absolute atomic E-state index is 10.5. The van der Waals surface area contributed by atoms with Gasteiger partial charge in [-0.05, 0) is 67.5 Å². The second kappa shape index (κ2) is 16.2. The van der Waals surface area contributed by atoms with E-state index in [-0.39, 0.29) is 12.7 Å². The fourth-order valence-electron chi connectivity index (χ4n) is 5.84. The van der Waals surface area contributed by atoms with E-state index in [0.717, 1.165) is 56.0 Å². The first-order valence-electron chi connectivity index (χ1n) is 14.8. The topological polar surface area (TPSA) is 81.7 Å². The molecule has 40 heavy (non-hydrogen) atoms. The number of benzene rings is 2. The van der Waals surface area contributed by atoms with Crippen LogP contribution in [0.25, 0.3) is 0 Å². The molecule has 0 aromatic heterocycles. The Morgan fingerprint density at radius 3 is 2.42 bits per heavy atom. The molecular formula is C32H48N2O6. The van der Waals surface area contributed by atoms with E-state index in [9.17, 15) is 5.11 Å². The quantitative estimate of drug-likeness (QED) is 0.323. The number of hydrogen-bond acceptors (Lipinski definition) is 8. The maximum Gasteiger partial charge on any atom is 0.160 e. The zero-order chi connectivity index (χ0) is 28.2. The summed E-state index contributed by atoms with van der Waals surface area (Å²) in [5.41, 5.74) is 2.41. The van der Waals surface area contributed by atoms with Crippen LogP contribution in [0.4, 0.5) is 0 Å². The summed E-state index contributed by atoms with van der Waals surface area (Å²) in [4.78, 5) is 2.60. The van der Waals surface area contributed by atoms with Crippen molar-refractivity contribution < 1.29 is 28.8 Å². The highest BCUT2D eigenvalue weighted by atomic mass is 16.5. The Kier molecular flexibility index (Phi) is 12.4. The van der Waals surface area contributed by atoms with Crippen molar-refractivity contribution >= 4 is 0 Å². The minimum atomic E-state index is -0.551. The van der Waals surface area contributed by atoms with Gasteiger partial charge in [0.1, 0.15) is 18.5 Å². The summed E-state index contributed by atoms with van der Waals surface area (Å²) < 4.78 is 28.2. The Labute approximate surface area is 239 Å². The van der Waals surface area contributed by atoms with E-state index in [0.29, 0.717) is 31.8 Å². The van der Waals surface area contributed by atoms with Crippen LogP contribution in [0.3, 0.4) is 0 Å². The highest BCUT2D eigenvalue weighted by Gasteiger charge is 2.35. The zero-order valence-electron chi connectivity index (χ0n) is 24.5. The molecule has 2 aliphatic rings. The monoisotopic (exact) mass is 556 g/mol. The van der Waals surface area contributed by atoms with Crippen LogP contribution in [-0.4, -0.2) is 95.1 Å². The first-order chi connectivity index (χ1) is 19.6. The van der Waals surface area contributed by atoms with Gasteiger partial charge in [-0.2, -0.15) is 0 Å². The fraction of sp³-hybridized carbons (Fsp3) is 0.625. The van der Waals surface area contributed by atoms with Crippen molar-refractivity contribution in [2.24, 2.45) is 0 Å². The third-order valence-corrected chi connectivity index (χ3v) is 8.13. The van der Waals surface area contributed by atoms with Crippen molar-refractivity contribution in [2.45, 2.75) is 69.2 Å². The molecule has 2 aromatic rings. The molecule has 2 aromatic carbocycles. The van der Waals surface area contributed by atoms with Gasteiger partial charge < -0.3 is 34.1 Å². The number of likely N-dealkylation sites (tertiary alicyclic amines) is 1. The lowest BCUT2D eigenvalue weighted by Crippen LogP contribution is -2.47. The highest BCUT2D eigenvalue weighted by molar-refractivity contribution is 5.42. The van der Waals surface area contributed by atoms with Crippen LogP contribution < -0.4 is 19.5 Å². The lowest BCUT2D eigenvalue weighted by atomic mass is 9.91. The van der Waals surface area contributed by atoms with Gasteiger partial charge in [0, 0.05) is 38.8 Å². The molecule has 1 aliphatic heterocycles. The first-order valence-corrected chi connectivity index (χ1v) is 14.8. The normalized spacial score (nSPS) is 22.2. The molecule has 0 radical (unpaired) electrons. The summed E-state index contributed by atoms with van der Waals surface area (Å²) in [6.07, 6.45) is 7.35. The summed E-state index contributed by atoms with van der Waals surface area (Å²) in [6, 6.07) is 14.9. The molecule has 8 nitrogen and oxygen atoms in total. The number of aliphatic hydroxyl groups is 1. The molecule has 2 fully saturated rings. The van der Waals surface area contributed by atoms with Gasteiger partial charge in [-0.1, -0.05) is 31.0 Å². The van der Waals surface area contributed by atoms with Gasteiger partial charge in [-0.3, -0.25) is 4.90 Å². The van der Waals surface area contributed by atoms with Crippen molar-refractivity contribution in [3.05, 3.63) is 53.6 Å². The number of hydrogen-bond donors (Lipinski definition) is 2. The predicted molar refractivity (Wildman–Crippen MR) is 157 cm³/mol. The van der Waals surface area contributed by atoms with E-state index < -0.39 is 6.10 Å². The Morgan fingerprint density at radius 1 is 0.900 bits per heavy atom. The molecule has 0 bridgehead atoms. The highest BCUT2D eigenvalue weighted by Crippen LogP contribution is 2.30. The molecule has 1 saturated heterocycles. The van der Waals surface area contributed by atoms with E-state index in [2.05, 4.69) is 16.3 Å². The van der Waals surface area contributed by atoms with Crippen molar-refractivity contribution in [3.8, 4) is 17.2 Å². The first kappa shape index (κ1) is 30.6. The Bertz CT molecular complexity index is 1000. The van der Waals surface area contributed by atoms with Crippen LogP contribution in [0.1, 0.15) is 43.2 Å². The summed E-state index contributed by atoms with van der Waals surface area (Å²) in [7, 11) is 5.04. The smallest absolute Gasteiger partial charge is 0.160 e. The third-order valence-electron chi connectivity index (χ3n) is 8.13. The number of ether oxygens (including phenoxy) is 5. The van der Waals surface area contributed by atoms with Crippen molar-refractivity contribution in [3.63, 3.8) is 0 Å². The number of nitrogens with one attached hydrogen (secondary N) is 1. The van der Waals surface area contributed by atoms with Gasteiger partial charge in [0.2, 0.25) is 0 Å². The largest absolute Gasteiger partial charge is 0.493 e. The van der Waals surface area contributed by atoms with E-state index in [1.54, 1.807) is 21.3 Å². The van der Waals surface area contributed by atoms with Gasteiger partial charge in [0.15, 0.2) is 11.5 Å². The summed E-state index contributed by atoms with van der Waals surface area (Å²) in [5, 5.41) is 14.1. The average molecular weight is 557 g/mol. The van der Waals surface area contributed by atoms with Crippen LogP contribution in [0.2, 0.25) is 0 Å². The summed E-state index contributed by atoms with van der Waals surface area (Å²) >= 11 is 0. The molecule has 222 valence electrons. The van der Waals surface area contributed by atoms with E-state index in [1.165, 1.54) is 30.4 Å². The standard InChI is InChI=1S/C32H48N2O6/c1-36-18-15-24-8-11-28(12-9-24)40-23-27(35)21-33-26-14-17-34(22-26)29-6-4-5-7-30(29)39-19-16-25-10-13-31(37-2)32(20-25)38-3/h8-13,20,26-27,29-30,33,35H,4-7,14-19,21-23H2,1-3H3/t26-,27?,29+,30-/m0/s1. The molecule has 2 N–H and O–H groups in total. The van der Waals surface area contributed by atoms with Gasteiger partial charge >= 0.3 is 0 Å². The zero-order valence-corrected chi connectivity index (χ0v) is 24.5. The Morgan fingerprint density at radius 2 is 1.65 bits per heavy atom. The van der Waals surface area contributed by atoms with E-state index in [1.807, 2.05) is 36.4 Å². The van der Waals surface area contributed by atoms with Crippen LogP contribution in [0.15, 0.2) is 42.5 Å².